The van der Waals surface area contributed by atoms with Gasteiger partial charge in [0.25, 0.3) is 0 Å². The van der Waals surface area contributed by atoms with Crippen LogP contribution in [-0.2, 0) is 27.4 Å². The van der Waals surface area contributed by atoms with Crippen LogP contribution in [-0.4, -0.2) is 82.1 Å². The molecule has 1 aliphatic heterocycles. The summed E-state index contributed by atoms with van der Waals surface area (Å²) in [7, 11) is 3.48. The summed E-state index contributed by atoms with van der Waals surface area (Å²) in [5.74, 6) is -0.681. The number of likely N-dealkylation sites (N-methyl/N-ethyl adjacent to an activating group) is 1. The van der Waals surface area contributed by atoms with E-state index in [2.05, 4.69) is 15.3 Å². The third-order valence-electron chi connectivity index (χ3n) is 7.42. The van der Waals surface area contributed by atoms with E-state index in [1.807, 2.05) is 48.9 Å². The Morgan fingerprint density at radius 2 is 1.93 bits per heavy atom. The molecule has 5 rings (SSSR count). The van der Waals surface area contributed by atoms with Crippen LogP contribution in [0.1, 0.15) is 17.8 Å². The fourth-order valence-electron chi connectivity index (χ4n) is 5.34. The number of carboxylic acids is 1. The maximum absolute atomic E-state index is 14.8. The van der Waals surface area contributed by atoms with Gasteiger partial charge in [-0.3, -0.25) is 4.90 Å². The number of likely N-dealkylation sites (tertiary alicyclic amines) is 1. The van der Waals surface area contributed by atoms with E-state index < -0.39 is 30.0 Å². The van der Waals surface area contributed by atoms with Gasteiger partial charge in [-0.2, -0.15) is 0 Å². The van der Waals surface area contributed by atoms with Crippen LogP contribution in [0.25, 0.3) is 22.3 Å². The SMILES string of the molecule is CNCC(Cn1c(C)nc2cc(F)cc(-c3cccc(O[C@H]4C[C@@H](C(=O)O)N(C(=O)OCc5ccccc5)C4)n3)c21)OC. The number of amides is 1. The topological polar surface area (TPSA) is 128 Å². The van der Waals surface area contributed by atoms with Crippen molar-refractivity contribution in [3.8, 4) is 17.1 Å². The number of ether oxygens (including phenoxy) is 3. The number of hydrogen-bond donors (Lipinski definition) is 2. The summed E-state index contributed by atoms with van der Waals surface area (Å²) in [5, 5.41) is 12.9. The van der Waals surface area contributed by atoms with E-state index in [4.69, 9.17) is 14.2 Å². The second-order valence-corrected chi connectivity index (χ2v) is 10.4. The second-order valence-electron chi connectivity index (χ2n) is 10.4. The van der Waals surface area contributed by atoms with E-state index in [1.165, 1.54) is 12.1 Å². The molecule has 11 nitrogen and oxygen atoms in total. The molecule has 0 aliphatic carbocycles. The molecule has 0 spiro atoms. The fourth-order valence-corrected chi connectivity index (χ4v) is 5.34. The summed E-state index contributed by atoms with van der Waals surface area (Å²) in [6, 6.07) is 15.9. The third kappa shape index (κ3) is 6.76. The van der Waals surface area contributed by atoms with Crippen LogP contribution in [0.4, 0.5) is 9.18 Å². The van der Waals surface area contributed by atoms with Gasteiger partial charge in [-0.25, -0.2) is 23.9 Å². The minimum Gasteiger partial charge on any atom is -0.480 e. The lowest BCUT2D eigenvalue weighted by Crippen LogP contribution is -2.40. The molecule has 1 aliphatic rings. The van der Waals surface area contributed by atoms with Crippen molar-refractivity contribution in [3.05, 3.63) is 77.9 Å². The molecular weight excluding hydrogens is 557 g/mol. The average molecular weight is 592 g/mol. The predicted molar refractivity (Wildman–Crippen MR) is 156 cm³/mol. The molecule has 0 radical (unpaired) electrons. The molecule has 3 heterocycles. The van der Waals surface area contributed by atoms with Gasteiger partial charge in [0.1, 0.15) is 30.4 Å². The first kappa shape index (κ1) is 29.9. The molecule has 43 heavy (non-hydrogen) atoms. The largest absolute Gasteiger partial charge is 0.480 e. The molecular formula is C31H34FN5O6. The first-order chi connectivity index (χ1) is 20.8. The molecule has 1 unspecified atom stereocenters. The standard InChI is InChI=1S/C31H34FN5O6/c1-19-34-26-13-21(32)12-24(29(26)36(19)17-23(41-3)15-33-2)25-10-7-11-28(35-25)43-22-14-27(30(38)39)37(16-22)31(40)42-18-20-8-5-4-6-9-20/h4-13,22-23,27,33H,14-18H2,1-3H3,(H,38,39)/t22-,23?,27-/m0/s1. The maximum Gasteiger partial charge on any atom is 0.410 e. The highest BCUT2D eigenvalue weighted by Crippen LogP contribution is 2.32. The molecule has 3 atom stereocenters. The van der Waals surface area contributed by atoms with Crippen LogP contribution in [0.15, 0.2) is 60.7 Å². The summed E-state index contributed by atoms with van der Waals surface area (Å²) in [6.45, 7) is 3.00. The molecule has 226 valence electrons. The first-order valence-electron chi connectivity index (χ1n) is 13.9. The zero-order chi connectivity index (χ0) is 30.5. The van der Waals surface area contributed by atoms with E-state index in [9.17, 15) is 19.1 Å². The number of pyridine rings is 1. The van der Waals surface area contributed by atoms with Gasteiger partial charge in [-0.15, -0.1) is 0 Å². The Morgan fingerprint density at radius 3 is 2.65 bits per heavy atom. The molecule has 4 aromatic rings. The summed E-state index contributed by atoms with van der Waals surface area (Å²) in [5.41, 5.74) is 2.97. The number of nitrogens with one attached hydrogen (secondary N) is 1. The van der Waals surface area contributed by atoms with Crippen molar-refractivity contribution in [1.82, 2.24) is 24.8 Å². The molecule has 2 aromatic heterocycles. The number of imidazole rings is 1. The number of aryl methyl sites for hydroxylation is 1. The van der Waals surface area contributed by atoms with Crippen molar-refractivity contribution in [2.75, 3.05) is 27.2 Å². The van der Waals surface area contributed by atoms with Crippen molar-refractivity contribution < 1.29 is 33.3 Å². The zero-order valence-corrected chi connectivity index (χ0v) is 24.2. The molecule has 0 saturated carbocycles. The summed E-state index contributed by atoms with van der Waals surface area (Å²) >= 11 is 0. The predicted octanol–water partition coefficient (Wildman–Crippen LogP) is 4.02. The van der Waals surface area contributed by atoms with Gasteiger partial charge in [-0.1, -0.05) is 36.4 Å². The lowest BCUT2D eigenvalue weighted by atomic mass is 10.1. The van der Waals surface area contributed by atoms with E-state index in [0.29, 0.717) is 41.2 Å². The van der Waals surface area contributed by atoms with E-state index >= 15 is 0 Å². The quantitative estimate of drug-likeness (QED) is 0.266. The Bertz CT molecular complexity index is 1600. The van der Waals surface area contributed by atoms with Gasteiger partial charge in [0, 0.05) is 37.8 Å². The second kappa shape index (κ2) is 13.2. The fraction of sp³-hybridized carbons (Fsp3) is 0.355. The summed E-state index contributed by atoms with van der Waals surface area (Å²) in [6.07, 6.45) is -1.46. The number of hydrogen-bond acceptors (Lipinski definition) is 8. The van der Waals surface area contributed by atoms with Crippen molar-refractivity contribution in [1.29, 1.82) is 0 Å². The first-order valence-corrected chi connectivity index (χ1v) is 13.9. The number of aromatic nitrogens is 3. The van der Waals surface area contributed by atoms with Crippen LogP contribution in [0.5, 0.6) is 5.88 Å². The molecule has 2 N–H and O–H groups in total. The van der Waals surface area contributed by atoms with Crippen molar-refractivity contribution >= 4 is 23.1 Å². The number of nitrogens with zero attached hydrogens (tertiary/aromatic N) is 4. The number of fused-ring (bicyclic) bond motifs is 1. The van der Waals surface area contributed by atoms with Gasteiger partial charge in [0.15, 0.2) is 0 Å². The van der Waals surface area contributed by atoms with E-state index in [1.54, 1.807) is 25.3 Å². The Morgan fingerprint density at radius 1 is 1.14 bits per heavy atom. The van der Waals surface area contributed by atoms with E-state index in [-0.39, 0.29) is 31.6 Å². The van der Waals surface area contributed by atoms with Gasteiger partial charge in [0.05, 0.1) is 35.9 Å². The molecule has 1 fully saturated rings. The molecule has 0 bridgehead atoms. The number of aliphatic carboxylic acids is 1. The monoisotopic (exact) mass is 591 g/mol. The Labute approximate surface area is 248 Å². The number of carbonyl (C=O) groups is 2. The van der Waals surface area contributed by atoms with Gasteiger partial charge in [-0.05, 0) is 31.7 Å². The number of carboxylic acid groups (broad SMARTS) is 1. The van der Waals surface area contributed by atoms with Gasteiger partial charge >= 0.3 is 12.1 Å². The Kier molecular flexibility index (Phi) is 9.17. The number of halogens is 1. The molecule has 1 saturated heterocycles. The van der Waals surface area contributed by atoms with Crippen LogP contribution < -0.4 is 10.1 Å². The van der Waals surface area contributed by atoms with Gasteiger partial charge < -0.3 is 29.2 Å². The minimum atomic E-state index is -1.15. The van der Waals surface area contributed by atoms with Crippen molar-refractivity contribution in [2.45, 2.75) is 44.7 Å². The smallest absolute Gasteiger partial charge is 0.410 e. The third-order valence-corrected chi connectivity index (χ3v) is 7.42. The number of benzene rings is 2. The number of rotatable bonds is 11. The number of carbonyl (C=O) groups excluding carboxylic acids is 1. The van der Waals surface area contributed by atoms with E-state index in [0.717, 1.165) is 10.5 Å². The average Bonchev–Trinajstić information content (AvgIpc) is 3.56. The summed E-state index contributed by atoms with van der Waals surface area (Å²) < 4.78 is 33.8. The maximum atomic E-state index is 14.8. The van der Waals surface area contributed by atoms with Crippen molar-refractivity contribution in [2.24, 2.45) is 0 Å². The normalized spacial score (nSPS) is 17.3. The Hall–Kier alpha value is -4.55. The minimum absolute atomic E-state index is 0.0105. The Balaban J connectivity index is 1.37. The number of methoxy groups -OCH3 is 1. The van der Waals surface area contributed by atoms with Crippen LogP contribution in [0, 0.1) is 12.7 Å². The highest BCUT2D eigenvalue weighted by molar-refractivity contribution is 5.92. The van der Waals surface area contributed by atoms with Crippen LogP contribution in [0.3, 0.4) is 0 Å². The van der Waals surface area contributed by atoms with Gasteiger partial charge in [0.2, 0.25) is 5.88 Å². The van der Waals surface area contributed by atoms with Crippen LogP contribution in [0.2, 0.25) is 0 Å². The molecule has 1 amide bonds. The van der Waals surface area contributed by atoms with Crippen molar-refractivity contribution in [3.63, 3.8) is 0 Å². The highest BCUT2D eigenvalue weighted by Gasteiger charge is 2.42. The van der Waals surface area contributed by atoms with Crippen LogP contribution >= 0.6 is 0 Å². The zero-order valence-electron chi connectivity index (χ0n) is 24.2. The molecule has 2 aromatic carbocycles. The lowest BCUT2D eigenvalue weighted by molar-refractivity contribution is -0.141. The lowest BCUT2D eigenvalue weighted by Gasteiger charge is -2.20. The molecule has 12 heteroatoms. The highest BCUT2D eigenvalue weighted by atomic mass is 19.1. The summed E-state index contributed by atoms with van der Waals surface area (Å²) in [4.78, 5) is 35.2.